The van der Waals surface area contributed by atoms with Gasteiger partial charge < -0.3 is 15.2 Å². The first-order valence-corrected chi connectivity index (χ1v) is 9.13. The Balaban J connectivity index is 1.53. The largest absolute Gasteiger partial charge is 0.389 e. The van der Waals surface area contributed by atoms with Crippen molar-refractivity contribution in [1.29, 1.82) is 0 Å². The predicted molar refractivity (Wildman–Crippen MR) is 86.2 cm³/mol. The second-order valence-corrected chi connectivity index (χ2v) is 7.34. The van der Waals surface area contributed by atoms with Crippen LogP contribution in [0, 0.1) is 11.8 Å². The van der Waals surface area contributed by atoms with Gasteiger partial charge in [0.1, 0.15) is 0 Å². The summed E-state index contributed by atoms with van der Waals surface area (Å²) in [4.78, 5) is 0. The van der Waals surface area contributed by atoms with E-state index in [9.17, 15) is 5.11 Å². The first-order chi connectivity index (χ1) is 9.75. The first-order valence-electron chi connectivity index (χ1n) is 7.97. The number of thioether (sulfide) groups is 1. The SMILES string of the molecule is CC1CC=CCC1COCC(O)CNC1CCCSC1. The summed E-state index contributed by atoms with van der Waals surface area (Å²) in [5, 5.41) is 13.4. The fourth-order valence-electron chi connectivity index (χ4n) is 2.86. The summed E-state index contributed by atoms with van der Waals surface area (Å²) in [6.45, 7) is 4.18. The quantitative estimate of drug-likeness (QED) is 0.709. The third kappa shape index (κ3) is 5.76. The average molecular weight is 299 g/mol. The Kier molecular flexibility index (Phi) is 7.42. The van der Waals surface area contributed by atoms with Crippen molar-refractivity contribution >= 4 is 11.8 Å². The Morgan fingerprint density at radius 3 is 3.00 bits per heavy atom. The topological polar surface area (TPSA) is 41.5 Å². The number of hydrogen-bond acceptors (Lipinski definition) is 4. The summed E-state index contributed by atoms with van der Waals surface area (Å²) < 4.78 is 5.72. The minimum Gasteiger partial charge on any atom is -0.389 e. The molecule has 0 bridgehead atoms. The van der Waals surface area contributed by atoms with Crippen LogP contribution in [0.3, 0.4) is 0 Å². The molecule has 1 saturated heterocycles. The molecule has 4 atom stereocenters. The molecule has 1 fully saturated rings. The van der Waals surface area contributed by atoms with Gasteiger partial charge in [-0.15, -0.1) is 0 Å². The lowest BCUT2D eigenvalue weighted by molar-refractivity contribution is 0.0120. The van der Waals surface area contributed by atoms with Gasteiger partial charge in [0.2, 0.25) is 0 Å². The van der Waals surface area contributed by atoms with Gasteiger partial charge in [-0.2, -0.15) is 11.8 Å². The Morgan fingerprint density at radius 1 is 1.40 bits per heavy atom. The molecule has 2 N–H and O–H groups in total. The standard InChI is InChI=1S/C16H29NO2S/c1-13-5-2-3-6-14(13)10-19-11-16(18)9-17-15-7-4-8-20-12-15/h2-3,13-18H,4-12H2,1H3. The van der Waals surface area contributed by atoms with E-state index >= 15 is 0 Å². The van der Waals surface area contributed by atoms with Crippen molar-refractivity contribution in [3.63, 3.8) is 0 Å². The fraction of sp³-hybridized carbons (Fsp3) is 0.875. The van der Waals surface area contributed by atoms with Crippen molar-refractivity contribution in [2.75, 3.05) is 31.3 Å². The Hall–Kier alpha value is -0.0300. The second-order valence-electron chi connectivity index (χ2n) is 6.19. The van der Waals surface area contributed by atoms with Crippen LogP contribution in [0.4, 0.5) is 0 Å². The smallest absolute Gasteiger partial charge is 0.0897 e. The molecule has 2 rings (SSSR count). The highest BCUT2D eigenvalue weighted by Crippen LogP contribution is 2.25. The Bertz CT molecular complexity index is 292. The molecule has 3 nitrogen and oxygen atoms in total. The van der Waals surface area contributed by atoms with Crippen LogP contribution in [0.1, 0.15) is 32.6 Å². The van der Waals surface area contributed by atoms with Gasteiger partial charge in [0.15, 0.2) is 0 Å². The van der Waals surface area contributed by atoms with Gasteiger partial charge in [-0.25, -0.2) is 0 Å². The van der Waals surface area contributed by atoms with Crippen LogP contribution in [-0.4, -0.2) is 48.5 Å². The minimum absolute atomic E-state index is 0.378. The molecular weight excluding hydrogens is 270 g/mol. The molecule has 116 valence electrons. The fourth-order valence-corrected chi connectivity index (χ4v) is 3.96. The van der Waals surface area contributed by atoms with Crippen molar-refractivity contribution in [2.24, 2.45) is 11.8 Å². The van der Waals surface area contributed by atoms with Gasteiger partial charge in [0.25, 0.3) is 0 Å². The van der Waals surface area contributed by atoms with Crippen LogP contribution in [0.2, 0.25) is 0 Å². The monoisotopic (exact) mass is 299 g/mol. The van der Waals surface area contributed by atoms with Crippen LogP contribution in [0.5, 0.6) is 0 Å². The predicted octanol–water partition coefficient (Wildman–Crippen LogP) is 2.45. The van der Waals surface area contributed by atoms with E-state index in [0.717, 1.165) is 19.4 Å². The van der Waals surface area contributed by atoms with Crippen LogP contribution < -0.4 is 5.32 Å². The molecule has 4 heteroatoms. The average Bonchev–Trinajstić information content (AvgIpc) is 2.48. The number of aliphatic hydroxyl groups is 1. The van der Waals surface area contributed by atoms with Crippen molar-refractivity contribution in [1.82, 2.24) is 5.32 Å². The lowest BCUT2D eigenvalue weighted by atomic mass is 9.85. The van der Waals surface area contributed by atoms with Crippen LogP contribution in [-0.2, 0) is 4.74 Å². The zero-order chi connectivity index (χ0) is 14.2. The summed E-state index contributed by atoms with van der Waals surface area (Å²) in [6.07, 6.45) is 8.96. The summed E-state index contributed by atoms with van der Waals surface area (Å²) in [6, 6.07) is 0.576. The number of rotatable bonds is 7. The highest BCUT2D eigenvalue weighted by molar-refractivity contribution is 7.99. The molecule has 1 aliphatic heterocycles. The summed E-state index contributed by atoms with van der Waals surface area (Å²) in [5.41, 5.74) is 0. The van der Waals surface area contributed by atoms with Gasteiger partial charge in [0.05, 0.1) is 19.3 Å². The Morgan fingerprint density at radius 2 is 2.25 bits per heavy atom. The number of ether oxygens (including phenoxy) is 1. The van der Waals surface area contributed by atoms with Crippen LogP contribution >= 0.6 is 11.8 Å². The molecule has 20 heavy (non-hydrogen) atoms. The molecule has 4 unspecified atom stereocenters. The third-order valence-electron chi connectivity index (χ3n) is 4.36. The van der Waals surface area contributed by atoms with E-state index in [-0.39, 0.29) is 6.10 Å². The molecule has 0 aromatic heterocycles. The number of hydrogen-bond donors (Lipinski definition) is 2. The van der Waals surface area contributed by atoms with Crippen LogP contribution in [0.25, 0.3) is 0 Å². The van der Waals surface area contributed by atoms with Gasteiger partial charge in [-0.3, -0.25) is 0 Å². The summed E-state index contributed by atoms with van der Waals surface area (Å²) in [5.74, 6) is 3.79. The molecule has 0 amide bonds. The molecular formula is C16H29NO2S. The van der Waals surface area contributed by atoms with Crippen molar-refractivity contribution in [3.05, 3.63) is 12.2 Å². The second kappa shape index (κ2) is 9.08. The molecule has 2 aliphatic rings. The van der Waals surface area contributed by atoms with E-state index in [0.29, 0.717) is 31.0 Å². The minimum atomic E-state index is -0.378. The zero-order valence-corrected chi connectivity index (χ0v) is 13.4. The Labute approximate surface area is 127 Å². The van der Waals surface area contributed by atoms with Gasteiger partial charge in [0, 0.05) is 18.3 Å². The lowest BCUT2D eigenvalue weighted by Crippen LogP contribution is -2.40. The first kappa shape index (κ1) is 16.3. The van der Waals surface area contributed by atoms with Gasteiger partial charge in [-0.05, 0) is 43.3 Å². The molecule has 1 heterocycles. The summed E-state index contributed by atoms with van der Waals surface area (Å²) >= 11 is 2.01. The van der Waals surface area contributed by atoms with E-state index < -0.39 is 0 Å². The van der Waals surface area contributed by atoms with E-state index in [1.54, 1.807) is 0 Å². The highest BCUT2D eigenvalue weighted by Gasteiger charge is 2.19. The molecule has 1 aliphatic carbocycles. The number of nitrogens with one attached hydrogen (secondary N) is 1. The molecule has 0 spiro atoms. The zero-order valence-electron chi connectivity index (χ0n) is 12.6. The number of aliphatic hydroxyl groups excluding tert-OH is 1. The van der Waals surface area contributed by atoms with Crippen molar-refractivity contribution in [2.45, 2.75) is 44.8 Å². The molecule has 0 aromatic rings. The van der Waals surface area contributed by atoms with E-state index in [4.69, 9.17) is 4.74 Å². The maximum atomic E-state index is 9.97. The van der Waals surface area contributed by atoms with Gasteiger partial charge in [-0.1, -0.05) is 19.1 Å². The molecule has 0 radical (unpaired) electrons. The van der Waals surface area contributed by atoms with Gasteiger partial charge >= 0.3 is 0 Å². The van der Waals surface area contributed by atoms with Crippen LogP contribution in [0.15, 0.2) is 12.2 Å². The summed E-state index contributed by atoms with van der Waals surface area (Å²) in [7, 11) is 0. The third-order valence-corrected chi connectivity index (χ3v) is 5.58. The molecule has 0 aromatic carbocycles. The maximum Gasteiger partial charge on any atom is 0.0897 e. The lowest BCUT2D eigenvalue weighted by Gasteiger charge is -2.26. The van der Waals surface area contributed by atoms with E-state index in [2.05, 4.69) is 24.4 Å². The maximum absolute atomic E-state index is 9.97. The highest BCUT2D eigenvalue weighted by atomic mass is 32.2. The van der Waals surface area contributed by atoms with Crippen molar-refractivity contribution < 1.29 is 9.84 Å². The van der Waals surface area contributed by atoms with Crippen molar-refractivity contribution in [3.8, 4) is 0 Å². The normalized spacial score (nSPS) is 32.2. The van der Waals surface area contributed by atoms with E-state index in [1.165, 1.54) is 24.3 Å². The van der Waals surface area contributed by atoms with E-state index in [1.807, 2.05) is 11.8 Å². The number of allylic oxidation sites excluding steroid dienone is 2. The molecule has 0 saturated carbocycles.